The fourth-order valence-electron chi connectivity index (χ4n) is 7.32. The van der Waals surface area contributed by atoms with Crippen molar-refractivity contribution in [1.82, 2.24) is 5.32 Å². The van der Waals surface area contributed by atoms with E-state index in [-0.39, 0.29) is 18.0 Å². The number of hydrogen-bond acceptors (Lipinski definition) is 7. The second-order valence-corrected chi connectivity index (χ2v) is 15.4. The highest BCUT2D eigenvalue weighted by Gasteiger charge is 2.41. The number of carbonyl (C=O) groups excluding carboxylic acids is 1. The Morgan fingerprint density at radius 1 is 0.865 bits per heavy atom. The number of esters is 1. The van der Waals surface area contributed by atoms with E-state index in [1.54, 1.807) is 11.8 Å². The summed E-state index contributed by atoms with van der Waals surface area (Å²) in [5.41, 5.74) is 4.76. The largest absolute Gasteiger partial charge is 0.490 e. The Hall–Kier alpha value is -4.17. The molecule has 2 atom stereocenters. The monoisotopic (exact) mass is 730 g/mol. The number of methoxy groups -OCH3 is 1. The van der Waals surface area contributed by atoms with E-state index in [0.29, 0.717) is 0 Å². The Labute approximate surface area is 318 Å². The molecule has 7 heteroatoms. The van der Waals surface area contributed by atoms with E-state index in [9.17, 15) is 4.79 Å². The van der Waals surface area contributed by atoms with Crippen LogP contribution in [0, 0.1) is 5.41 Å². The van der Waals surface area contributed by atoms with Crippen molar-refractivity contribution in [2.45, 2.75) is 60.9 Å². The first kappa shape index (κ1) is 37.6. The van der Waals surface area contributed by atoms with Crippen molar-refractivity contribution >= 4 is 40.9 Å². The fourth-order valence-corrected chi connectivity index (χ4v) is 9.28. The van der Waals surface area contributed by atoms with Gasteiger partial charge < -0.3 is 14.4 Å². The number of hydrogen-bond donors (Lipinski definition) is 1. The second-order valence-electron chi connectivity index (χ2n) is 13.5. The number of carbonyl (C=O) groups is 1. The summed E-state index contributed by atoms with van der Waals surface area (Å²) in [7, 11) is 1.44. The van der Waals surface area contributed by atoms with Crippen LogP contribution in [-0.2, 0) is 15.1 Å². The average Bonchev–Trinajstić information content (AvgIpc) is 3.37. The molecule has 0 bridgehead atoms. The van der Waals surface area contributed by atoms with Gasteiger partial charge in [-0.2, -0.15) is 0 Å². The van der Waals surface area contributed by atoms with Crippen LogP contribution in [-0.4, -0.2) is 44.3 Å². The number of rotatable bonds is 15. The molecule has 0 aromatic heterocycles. The lowest BCUT2D eigenvalue weighted by Crippen LogP contribution is -2.55. The number of nitrogens with zero attached hydrogens (tertiary/aromatic N) is 1. The maximum absolute atomic E-state index is 13.7. The van der Waals surface area contributed by atoms with Crippen LogP contribution < -0.4 is 15.0 Å². The van der Waals surface area contributed by atoms with Gasteiger partial charge in [0, 0.05) is 22.9 Å². The molecular weight excluding hydrogens is 681 g/mol. The van der Waals surface area contributed by atoms with Crippen molar-refractivity contribution in [2.24, 2.45) is 5.41 Å². The van der Waals surface area contributed by atoms with Crippen LogP contribution in [0.4, 0.5) is 11.4 Å². The first-order valence-corrected chi connectivity index (χ1v) is 20.5. The zero-order valence-corrected chi connectivity index (χ0v) is 32.4. The van der Waals surface area contributed by atoms with Crippen LogP contribution in [0.3, 0.4) is 0 Å². The van der Waals surface area contributed by atoms with E-state index in [2.05, 4.69) is 109 Å². The molecule has 6 rings (SSSR count). The summed E-state index contributed by atoms with van der Waals surface area (Å²) < 4.78 is 12.2. The van der Waals surface area contributed by atoms with Gasteiger partial charge in [-0.3, -0.25) is 10.1 Å². The molecule has 5 aromatic rings. The molecular formula is C45H50N2O3S2. The van der Waals surface area contributed by atoms with E-state index in [0.717, 1.165) is 46.1 Å². The van der Waals surface area contributed by atoms with Gasteiger partial charge in [0.1, 0.15) is 18.4 Å². The van der Waals surface area contributed by atoms with Crippen molar-refractivity contribution in [3.05, 3.63) is 150 Å². The van der Waals surface area contributed by atoms with Crippen molar-refractivity contribution in [3.63, 3.8) is 0 Å². The minimum absolute atomic E-state index is 0.0791. The summed E-state index contributed by atoms with van der Waals surface area (Å²) in [4.78, 5) is 18.5. The molecule has 52 heavy (non-hydrogen) atoms. The molecule has 270 valence electrons. The quantitative estimate of drug-likeness (QED) is 0.0654. The SMILES string of the molecule is CCCCC1(CC)CSc2cc(OCC(NC(c3ccccc3)(c3ccccc3)c3ccccc3)C(=O)OC)c(SC)cc2N(c2ccccc2)C1. The molecule has 0 amide bonds. The first-order valence-electron chi connectivity index (χ1n) is 18.3. The topological polar surface area (TPSA) is 50.8 Å². The number of benzene rings is 5. The van der Waals surface area contributed by atoms with Crippen LogP contribution in [0.2, 0.25) is 0 Å². The summed E-state index contributed by atoms with van der Waals surface area (Å²) in [5, 5.41) is 3.79. The van der Waals surface area contributed by atoms with Crippen molar-refractivity contribution in [1.29, 1.82) is 0 Å². The minimum Gasteiger partial charge on any atom is -0.490 e. The van der Waals surface area contributed by atoms with Gasteiger partial charge in [0.25, 0.3) is 0 Å². The molecule has 1 heterocycles. The molecule has 1 aliphatic rings. The van der Waals surface area contributed by atoms with Crippen LogP contribution in [0.15, 0.2) is 143 Å². The summed E-state index contributed by atoms with van der Waals surface area (Å²) in [5.74, 6) is 1.42. The molecule has 0 saturated carbocycles. The van der Waals surface area contributed by atoms with Gasteiger partial charge >= 0.3 is 5.97 Å². The fraction of sp³-hybridized carbons (Fsp3) is 0.311. The van der Waals surface area contributed by atoms with E-state index in [4.69, 9.17) is 9.47 Å². The Morgan fingerprint density at radius 2 is 1.42 bits per heavy atom. The number of para-hydroxylation sites is 1. The normalized spacial score (nSPS) is 16.4. The lowest BCUT2D eigenvalue weighted by molar-refractivity contribution is -0.144. The van der Waals surface area contributed by atoms with Gasteiger partial charge in [-0.25, -0.2) is 0 Å². The summed E-state index contributed by atoms with van der Waals surface area (Å²) >= 11 is 3.60. The van der Waals surface area contributed by atoms with Crippen LogP contribution >= 0.6 is 23.5 Å². The second kappa shape index (κ2) is 17.6. The Kier molecular flexibility index (Phi) is 12.7. The molecule has 0 spiro atoms. The summed E-state index contributed by atoms with van der Waals surface area (Å²) in [6, 6.07) is 45.3. The van der Waals surface area contributed by atoms with Crippen molar-refractivity contribution in [3.8, 4) is 5.75 Å². The highest BCUT2D eigenvalue weighted by molar-refractivity contribution is 7.99. The standard InChI is InChI=1S/C45H50N2O3S2/c1-5-7-28-44(6-2)32-47(37-26-18-11-19-27-37)39-29-42(51-4)40(30-41(39)52-33-44)50-31-38(43(48)49-3)46-45(34-20-12-8-13-21-34,35-22-14-9-15-23-35)36-24-16-10-17-25-36/h8-27,29-30,38,46H,5-7,28,31-33H2,1-4H3. The molecule has 2 unspecified atom stereocenters. The lowest BCUT2D eigenvalue weighted by Gasteiger charge is -2.39. The van der Waals surface area contributed by atoms with Gasteiger partial charge in [-0.15, -0.1) is 23.5 Å². The number of nitrogens with one attached hydrogen (secondary N) is 1. The summed E-state index contributed by atoms with van der Waals surface area (Å²) in [6.07, 6.45) is 6.81. The molecule has 0 fully saturated rings. The predicted octanol–water partition coefficient (Wildman–Crippen LogP) is 10.7. The zero-order valence-electron chi connectivity index (χ0n) is 30.7. The van der Waals surface area contributed by atoms with Crippen LogP contribution in [0.5, 0.6) is 5.75 Å². The van der Waals surface area contributed by atoms with Gasteiger partial charge in [0.15, 0.2) is 0 Å². The van der Waals surface area contributed by atoms with E-state index in [1.165, 1.54) is 42.6 Å². The lowest BCUT2D eigenvalue weighted by atomic mass is 9.76. The molecule has 0 radical (unpaired) electrons. The maximum Gasteiger partial charge on any atom is 0.326 e. The third kappa shape index (κ3) is 8.07. The summed E-state index contributed by atoms with van der Waals surface area (Å²) in [6.45, 7) is 5.68. The highest BCUT2D eigenvalue weighted by Crippen LogP contribution is 2.49. The van der Waals surface area contributed by atoms with E-state index < -0.39 is 11.6 Å². The Bertz CT molecular complexity index is 1780. The third-order valence-corrected chi connectivity index (χ3v) is 12.5. The van der Waals surface area contributed by atoms with E-state index >= 15 is 0 Å². The van der Waals surface area contributed by atoms with Crippen LogP contribution in [0.1, 0.15) is 56.2 Å². The third-order valence-electron chi connectivity index (χ3n) is 10.3. The molecule has 5 aromatic carbocycles. The molecule has 1 aliphatic heterocycles. The number of anilines is 2. The zero-order chi connectivity index (χ0) is 36.4. The minimum atomic E-state index is -0.865. The van der Waals surface area contributed by atoms with Gasteiger partial charge in [-0.1, -0.05) is 136 Å². The maximum atomic E-state index is 13.7. The molecule has 5 nitrogen and oxygen atoms in total. The van der Waals surface area contributed by atoms with Gasteiger partial charge in [0.2, 0.25) is 0 Å². The predicted molar refractivity (Wildman–Crippen MR) is 218 cm³/mol. The molecule has 1 N–H and O–H groups in total. The highest BCUT2D eigenvalue weighted by atomic mass is 32.2. The number of fused-ring (bicyclic) bond motifs is 1. The van der Waals surface area contributed by atoms with Gasteiger partial charge in [-0.05, 0) is 65.5 Å². The van der Waals surface area contributed by atoms with Crippen LogP contribution in [0.25, 0.3) is 0 Å². The number of ether oxygens (including phenoxy) is 2. The van der Waals surface area contributed by atoms with E-state index in [1.807, 2.05) is 66.4 Å². The Balaban J connectivity index is 1.39. The molecule has 0 saturated heterocycles. The van der Waals surface area contributed by atoms with Crippen molar-refractivity contribution in [2.75, 3.05) is 37.2 Å². The number of unbranched alkanes of at least 4 members (excludes halogenated alkanes) is 1. The number of thioether (sulfide) groups is 2. The Morgan fingerprint density at radius 3 is 1.92 bits per heavy atom. The average molecular weight is 731 g/mol. The first-order chi connectivity index (χ1) is 25.5. The van der Waals surface area contributed by atoms with Crippen molar-refractivity contribution < 1.29 is 14.3 Å². The molecule has 0 aliphatic carbocycles. The van der Waals surface area contributed by atoms with Gasteiger partial charge in [0.05, 0.1) is 23.2 Å². The smallest absolute Gasteiger partial charge is 0.326 e.